The lowest BCUT2D eigenvalue weighted by Gasteiger charge is -2.13. The molecule has 2 rings (SSSR count). The van der Waals surface area contributed by atoms with Gasteiger partial charge in [-0.05, 0) is 45.0 Å². The summed E-state index contributed by atoms with van der Waals surface area (Å²) in [5.41, 5.74) is 2.42. The topological polar surface area (TPSA) is 65.5 Å². The minimum Gasteiger partial charge on any atom is -0.478 e. The molecule has 2 N–H and O–H groups in total. The molecule has 0 saturated heterocycles. The van der Waals surface area contributed by atoms with Gasteiger partial charge < -0.3 is 15.3 Å². The summed E-state index contributed by atoms with van der Waals surface area (Å²) in [6.45, 7) is 1.54. The van der Waals surface area contributed by atoms with Gasteiger partial charge in [0.15, 0.2) is 0 Å². The lowest BCUT2D eigenvalue weighted by Crippen LogP contribution is -2.22. The van der Waals surface area contributed by atoms with Crippen molar-refractivity contribution in [2.24, 2.45) is 0 Å². The Morgan fingerprint density at radius 2 is 2.28 bits per heavy atom. The highest BCUT2D eigenvalue weighted by atomic mass is 16.4. The molecule has 18 heavy (non-hydrogen) atoms. The van der Waals surface area contributed by atoms with Gasteiger partial charge in [0, 0.05) is 18.8 Å². The van der Waals surface area contributed by atoms with E-state index in [1.165, 1.54) is 0 Å². The monoisotopic (exact) mass is 249 g/mol. The first-order valence-corrected chi connectivity index (χ1v) is 6.22. The van der Waals surface area contributed by atoms with Gasteiger partial charge in [-0.15, -0.1) is 0 Å². The van der Waals surface area contributed by atoms with Crippen molar-refractivity contribution >= 4 is 11.8 Å². The van der Waals surface area contributed by atoms with Gasteiger partial charge in [0.05, 0.1) is 0 Å². The third-order valence-corrected chi connectivity index (χ3v) is 3.13. The number of aryl methyl sites for hydroxylation is 2. The first-order chi connectivity index (χ1) is 8.58. The molecule has 1 heterocycles. The van der Waals surface area contributed by atoms with Crippen LogP contribution in [0, 0.1) is 0 Å². The van der Waals surface area contributed by atoms with Crippen molar-refractivity contribution in [3.63, 3.8) is 0 Å². The second-order valence-electron chi connectivity index (χ2n) is 4.88. The summed E-state index contributed by atoms with van der Waals surface area (Å²) in [6.07, 6.45) is 2.97. The summed E-state index contributed by atoms with van der Waals surface area (Å²) in [5, 5.41) is 12.3. The predicted octanol–water partition coefficient (Wildman–Crippen LogP) is 1.24. The minimum absolute atomic E-state index is 0.286. The third kappa shape index (κ3) is 2.79. The van der Waals surface area contributed by atoms with Gasteiger partial charge in [-0.3, -0.25) is 0 Å². The molecule has 98 valence electrons. The molecular formula is C13H19N3O2. The molecule has 1 aliphatic rings. The van der Waals surface area contributed by atoms with Gasteiger partial charge in [-0.2, -0.15) is 0 Å². The normalized spacial score (nSPS) is 13.7. The van der Waals surface area contributed by atoms with Crippen LogP contribution >= 0.6 is 0 Å². The van der Waals surface area contributed by atoms with Crippen molar-refractivity contribution in [2.45, 2.75) is 19.3 Å². The number of aromatic nitrogens is 1. The number of hydrogen-bond acceptors (Lipinski definition) is 4. The second kappa shape index (κ2) is 5.35. The number of aromatic carboxylic acids is 1. The van der Waals surface area contributed by atoms with Gasteiger partial charge in [-0.1, -0.05) is 0 Å². The van der Waals surface area contributed by atoms with Crippen molar-refractivity contribution in [3.8, 4) is 0 Å². The zero-order chi connectivity index (χ0) is 13.1. The highest BCUT2D eigenvalue weighted by Crippen LogP contribution is 2.25. The number of nitrogens with one attached hydrogen (secondary N) is 1. The lowest BCUT2D eigenvalue weighted by molar-refractivity contribution is 0.0697. The summed E-state index contributed by atoms with van der Waals surface area (Å²) in [6, 6.07) is 1.77. The average molecular weight is 249 g/mol. The Labute approximate surface area is 107 Å². The molecule has 0 fully saturated rings. The Morgan fingerprint density at radius 1 is 1.50 bits per heavy atom. The van der Waals surface area contributed by atoms with E-state index in [2.05, 4.69) is 10.3 Å². The van der Waals surface area contributed by atoms with E-state index in [-0.39, 0.29) is 5.56 Å². The van der Waals surface area contributed by atoms with Crippen LogP contribution in [0.25, 0.3) is 0 Å². The quantitative estimate of drug-likeness (QED) is 0.822. The number of rotatable bonds is 5. The van der Waals surface area contributed by atoms with Crippen molar-refractivity contribution in [2.75, 3.05) is 32.5 Å². The van der Waals surface area contributed by atoms with Crippen molar-refractivity contribution in [1.29, 1.82) is 0 Å². The largest absolute Gasteiger partial charge is 0.478 e. The Balaban J connectivity index is 2.19. The van der Waals surface area contributed by atoms with E-state index >= 15 is 0 Å². The molecule has 0 atom stereocenters. The van der Waals surface area contributed by atoms with Crippen LogP contribution < -0.4 is 5.32 Å². The fourth-order valence-corrected chi connectivity index (χ4v) is 2.17. The van der Waals surface area contributed by atoms with E-state index in [1.807, 2.05) is 19.0 Å². The number of likely N-dealkylation sites (N-methyl/N-ethyl adjacent to an activating group) is 1. The van der Waals surface area contributed by atoms with Crippen molar-refractivity contribution in [3.05, 3.63) is 22.9 Å². The number of anilines is 1. The van der Waals surface area contributed by atoms with E-state index < -0.39 is 5.97 Å². The number of fused-ring (bicyclic) bond motifs is 1. The Kier molecular flexibility index (Phi) is 3.81. The Hall–Kier alpha value is -1.62. The molecule has 1 aromatic heterocycles. The first kappa shape index (κ1) is 12.8. The maximum absolute atomic E-state index is 11.2. The van der Waals surface area contributed by atoms with Crippen LogP contribution in [0.5, 0.6) is 0 Å². The zero-order valence-electron chi connectivity index (χ0n) is 10.9. The van der Waals surface area contributed by atoms with Crippen LogP contribution in [0.3, 0.4) is 0 Å². The second-order valence-corrected chi connectivity index (χ2v) is 4.88. The molecule has 0 aromatic carbocycles. The predicted molar refractivity (Wildman–Crippen MR) is 70.3 cm³/mol. The molecule has 0 unspecified atom stereocenters. The molecule has 5 heteroatoms. The number of hydrogen-bond donors (Lipinski definition) is 2. The number of nitrogens with zero attached hydrogens (tertiary/aromatic N) is 2. The summed E-state index contributed by atoms with van der Waals surface area (Å²) >= 11 is 0. The van der Waals surface area contributed by atoms with E-state index in [4.69, 9.17) is 0 Å². The maximum Gasteiger partial charge on any atom is 0.339 e. The van der Waals surface area contributed by atoms with Gasteiger partial charge in [0.25, 0.3) is 0 Å². The van der Waals surface area contributed by atoms with Gasteiger partial charge in [0.2, 0.25) is 0 Å². The van der Waals surface area contributed by atoms with E-state index in [1.54, 1.807) is 6.07 Å². The fourth-order valence-electron chi connectivity index (χ4n) is 2.17. The highest BCUT2D eigenvalue weighted by Gasteiger charge is 2.19. The average Bonchev–Trinajstić information content (AvgIpc) is 2.74. The standard InChI is InChI=1S/C13H19N3O2/c1-16(2)7-6-14-12-10(13(17)18)8-9-4-3-5-11(9)15-12/h8H,3-7H2,1-2H3,(H,14,15)(H,17,18). The minimum atomic E-state index is -0.912. The van der Waals surface area contributed by atoms with Gasteiger partial charge in [0.1, 0.15) is 11.4 Å². The first-order valence-electron chi connectivity index (χ1n) is 6.22. The summed E-state index contributed by atoms with van der Waals surface area (Å²) in [7, 11) is 3.96. The van der Waals surface area contributed by atoms with E-state index in [0.717, 1.165) is 37.1 Å². The lowest BCUT2D eigenvalue weighted by atomic mass is 10.1. The van der Waals surface area contributed by atoms with Crippen LogP contribution in [-0.4, -0.2) is 48.1 Å². The highest BCUT2D eigenvalue weighted by molar-refractivity contribution is 5.93. The van der Waals surface area contributed by atoms with E-state index in [9.17, 15) is 9.90 Å². The van der Waals surface area contributed by atoms with Crippen molar-refractivity contribution < 1.29 is 9.90 Å². The SMILES string of the molecule is CN(C)CCNc1nc2c(cc1C(=O)O)CCC2. The van der Waals surface area contributed by atoms with Gasteiger partial charge >= 0.3 is 5.97 Å². The smallest absolute Gasteiger partial charge is 0.339 e. The molecule has 0 bridgehead atoms. The molecule has 0 spiro atoms. The van der Waals surface area contributed by atoms with Crippen LogP contribution in [0.15, 0.2) is 6.07 Å². The van der Waals surface area contributed by atoms with Gasteiger partial charge in [-0.25, -0.2) is 9.78 Å². The van der Waals surface area contributed by atoms with E-state index in [0.29, 0.717) is 12.4 Å². The summed E-state index contributed by atoms with van der Waals surface area (Å²) in [5.74, 6) is -0.408. The number of carboxylic acids is 1. The molecule has 0 amide bonds. The molecular weight excluding hydrogens is 230 g/mol. The Bertz CT molecular complexity index is 458. The van der Waals surface area contributed by atoms with Crippen molar-refractivity contribution in [1.82, 2.24) is 9.88 Å². The molecule has 1 aliphatic carbocycles. The van der Waals surface area contributed by atoms with Crippen LogP contribution in [0.2, 0.25) is 0 Å². The number of carboxylic acid groups (broad SMARTS) is 1. The van der Waals surface area contributed by atoms with Crippen LogP contribution in [0.4, 0.5) is 5.82 Å². The number of pyridine rings is 1. The fraction of sp³-hybridized carbons (Fsp3) is 0.538. The number of carbonyl (C=O) groups is 1. The molecule has 1 aromatic rings. The maximum atomic E-state index is 11.2. The summed E-state index contributed by atoms with van der Waals surface area (Å²) in [4.78, 5) is 17.7. The van der Waals surface area contributed by atoms with Crippen LogP contribution in [0.1, 0.15) is 28.0 Å². The van der Waals surface area contributed by atoms with Crippen LogP contribution in [-0.2, 0) is 12.8 Å². The summed E-state index contributed by atoms with van der Waals surface area (Å²) < 4.78 is 0. The molecule has 0 saturated carbocycles. The molecule has 5 nitrogen and oxygen atoms in total. The molecule has 0 aliphatic heterocycles. The molecule has 0 radical (unpaired) electrons. The Morgan fingerprint density at radius 3 is 2.94 bits per heavy atom. The third-order valence-electron chi connectivity index (χ3n) is 3.13. The zero-order valence-corrected chi connectivity index (χ0v) is 10.9.